The fourth-order valence-electron chi connectivity index (χ4n) is 2.37. The van der Waals surface area contributed by atoms with E-state index in [1.165, 1.54) is 5.56 Å². The van der Waals surface area contributed by atoms with Crippen LogP contribution in [-0.2, 0) is 11.3 Å². The molecule has 1 amide bonds. The van der Waals surface area contributed by atoms with E-state index in [9.17, 15) is 4.79 Å². The first-order chi connectivity index (χ1) is 9.59. The minimum Gasteiger partial charge on any atom is -0.339 e. The maximum absolute atomic E-state index is 12.5. The van der Waals surface area contributed by atoms with Crippen molar-refractivity contribution in [3.05, 3.63) is 34.3 Å². The molecule has 20 heavy (non-hydrogen) atoms. The number of likely N-dealkylation sites (N-methyl/N-ethyl adjacent to an activating group) is 1. The normalized spacial score (nSPS) is 17.3. The Balaban J connectivity index is 1.95. The number of carbonyl (C=O) groups excluding carboxylic acids is 1. The molecule has 0 spiro atoms. The standard InChI is InChI=1S/C15H22BrN3O/c1-12(15(20)19-9-7-17-8-10-19)18(2)11-13-5-3-4-6-14(13)16/h3-6,12,17H,7-11H2,1-2H3. The lowest BCUT2D eigenvalue weighted by Gasteiger charge is -2.33. The van der Waals surface area contributed by atoms with Crippen LogP contribution in [0.3, 0.4) is 0 Å². The zero-order chi connectivity index (χ0) is 14.5. The van der Waals surface area contributed by atoms with Gasteiger partial charge >= 0.3 is 0 Å². The van der Waals surface area contributed by atoms with Crippen LogP contribution in [0, 0.1) is 0 Å². The Hall–Kier alpha value is -0.910. The van der Waals surface area contributed by atoms with Gasteiger partial charge in [-0.3, -0.25) is 9.69 Å². The molecule has 0 aliphatic carbocycles. The first kappa shape index (κ1) is 15.5. The number of carbonyl (C=O) groups is 1. The minimum atomic E-state index is -0.0970. The lowest BCUT2D eigenvalue weighted by Crippen LogP contribution is -2.52. The second-order valence-corrected chi connectivity index (χ2v) is 6.11. The molecule has 1 unspecified atom stereocenters. The van der Waals surface area contributed by atoms with Crippen LogP contribution >= 0.6 is 15.9 Å². The highest BCUT2D eigenvalue weighted by molar-refractivity contribution is 9.10. The molecule has 1 saturated heterocycles. The molecule has 0 saturated carbocycles. The summed E-state index contributed by atoms with van der Waals surface area (Å²) in [6, 6.07) is 8.05. The lowest BCUT2D eigenvalue weighted by atomic mass is 10.1. The Morgan fingerprint density at radius 1 is 1.40 bits per heavy atom. The fraction of sp³-hybridized carbons (Fsp3) is 0.533. The molecule has 110 valence electrons. The van der Waals surface area contributed by atoms with E-state index in [4.69, 9.17) is 0 Å². The molecule has 0 bridgehead atoms. The van der Waals surface area contributed by atoms with Gasteiger partial charge in [0.1, 0.15) is 0 Å². The Morgan fingerprint density at radius 2 is 2.05 bits per heavy atom. The van der Waals surface area contributed by atoms with Gasteiger partial charge in [-0.25, -0.2) is 0 Å². The Morgan fingerprint density at radius 3 is 2.70 bits per heavy atom. The van der Waals surface area contributed by atoms with Crippen molar-refractivity contribution in [2.75, 3.05) is 33.2 Å². The molecular weight excluding hydrogens is 318 g/mol. The van der Waals surface area contributed by atoms with Crippen LogP contribution in [0.15, 0.2) is 28.7 Å². The number of hydrogen-bond donors (Lipinski definition) is 1. The van der Waals surface area contributed by atoms with Gasteiger partial charge in [0, 0.05) is 37.2 Å². The predicted molar refractivity (Wildman–Crippen MR) is 84.5 cm³/mol. The molecule has 1 aromatic rings. The summed E-state index contributed by atoms with van der Waals surface area (Å²) in [4.78, 5) is 16.5. The van der Waals surface area contributed by atoms with Gasteiger partial charge in [0.25, 0.3) is 0 Å². The Kier molecular flexibility index (Phi) is 5.57. The van der Waals surface area contributed by atoms with Crippen molar-refractivity contribution in [2.45, 2.75) is 19.5 Å². The average Bonchev–Trinajstić information content (AvgIpc) is 2.49. The van der Waals surface area contributed by atoms with Crippen molar-refractivity contribution in [2.24, 2.45) is 0 Å². The molecule has 1 fully saturated rings. The van der Waals surface area contributed by atoms with E-state index in [0.29, 0.717) is 0 Å². The molecule has 1 atom stereocenters. The molecule has 1 heterocycles. The molecular formula is C15H22BrN3O. The lowest BCUT2D eigenvalue weighted by molar-refractivity contribution is -0.136. The maximum atomic E-state index is 12.5. The Labute approximate surface area is 129 Å². The van der Waals surface area contributed by atoms with Crippen LogP contribution in [-0.4, -0.2) is 55.0 Å². The van der Waals surface area contributed by atoms with E-state index in [1.807, 2.05) is 37.1 Å². The number of piperazine rings is 1. The van der Waals surface area contributed by atoms with E-state index in [0.717, 1.165) is 37.2 Å². The monoisotopic (exact) mass is 339 g/mol. The van der Waals surface area contributed by atoms with Gasteiger partial charge in [0.2, 0.25) is 5.91 Å². The molecule has 4 nitrogen and oxygen atoms in total. The summed E-state index contributed by atoms with van der Waals surface area (Å²) in [6.45, 7) is 6.17. The minimum absolute atomic E-state index is 0.0970. The van der Waals surface area contributed by atoms with Crippen molar-refractivity contribution in [3.8, 4) is 0 Å². The smallest absolute Gasteiger partial charge is 0.239 e. The largest absolute Gasteiger partial charge is 0.339 e. The van der Waals surface area contributed by atoms with Gasteiger partial charge in [-0.15, -0.1) is 0 Å². The summed E-state index contributed by atoms with van der Waals surface area (Å²) in [6.07, 6.45) is 0. The number of rotatable bonds is 4. The molecule has 2 rings (SSSR count). The number of hydrogen-bond acceptors (Lipinski definition) is 3. The van der Waals surface area contributed by atoms with Gasteiger partial charge in [-0.1, -0.05) is 34.1 Å². The fourth-order valence-corrected chi connectivity index (χ4v) is 2.78. The SMILES string of the molecule is CC(C(=O)N1CCNCC1)N(C)Cc1ccccc1Br. The highest BCUT2D eigenvalue weighted by atomic mass is 79.9. The summed E-state index contributed by atoms with van der Waals surface area (Å²) in [5.74, 6) is 0.223. The van der Waals surface area contributed by atoms with Crippen LogP contribution in [0.1, 0.15) is 12.5 Å². The molecule has 1 aliphatic rings. The zero-order valence-electron chi connectivity index (χ0n) is 12.1. The number of benzene rings is 1. The second-order valence-electron chi connectivity index (χ2n) is 5.26. The number of nitrogens with one attached hydrogen (secondary N) is 1. The summed E-state index contributed by atoms with van der Waals surface area (Å²) in [5.41, 5.74) is 1.20. The van der Waals surface area contributed by atoms with Crippen molar-refractivity contribution >= 4 is 21.8 Å². The molecule has 0 radical (unpaired) electrons. The van der Waals surface area contributed by atoms with Gasteiger partial charge in [0.15, 0.2) is 0 Å². The van der Waals surface area contributed by atoms with Crippen LogP contribution in [0.25, 0.3) is 0 Å². The third-order valence-electron chi connectivity index (χ3n) is 3.82. The highest BCUT2D eigenvalue weighted by Crippen LogP contribution is 2.18. The van der Waals surface area contributed by atoms with E-state index in [1.54, 1.807) is 0 Å². The first-order valence-corrected chi connectivity index (χ1v) is 7.82. The zero-order valence-corrected chi connectivity index (χ0v) is 13.7. The quantitative estimate of drug-likeness (QED) is 0.906. The third kappa shape index (κ3) is 3.81. The van der Waals surface area contributed by atoms with Crippen LogP contribution < -0.4 is 5.32 Å². The van der Waals surface area contributed by atoms with Gasteiger partial charge < -0.3 is 10.2 Å². The number of halogens is 1. The number of amides is 1. The van der Waals surface area contributed by atoms with E-state index < -0.39 is 0 Å². The summed E-state index contributed by atoms with van der Waals surface area (Å²) in [5, 5.41) is 3.27. The van der Waals surface area contributed by atoms with E-state index >= 15 is 0 Å². The van der Waals surface area contributed by atoms with Gasteiger partial charge in [0.05, 0.1) is 6.04 Å². The predicted octanol–water partition coefficient (Wildman–Crippen LogP) is 1.70. The van der Waals surface area contributed by atoms with Crippen molar-refractivity contribution in [1.82, 2.24) is 15.1 Å². The Bertz CT molecular complexity index is 460. The highest BCUT2D eigenvalue weighted by Gasteiger charge is 2.25. The van der Waals surface area contributed by atoms with Crippen LogP contribution in [0.4, 0.5) is 0 Å². The molecule has 1 aromatic carbocycles. The first-order valence-electron chi connectivity index (χ1n) is 7.02. The molecule has 5 heteroatoms. The van der Waals surface area contributed by atoms with Crippen molar-refractivity contribution < 1.29 is 4.79 Å². The van der Waals surface area contributed by atoms with Crippen molar-refractivity contribution in [3.63, 3.8) is 0 Å². The average molecular weight is 340 g/mol. The van der Waals surface area contributed by atoms with Crippen molar-refractivity contribution in [1.29, 1.82) is 0 Å². The van der Waals surface area contributed by atoms with Crippen LogP contribution in [0.5, 0.6) is 0 Å². The van der Waals surface area contributed by atoms with E-state index in [2.05, 4.69) is 32.2 Å². The molecule has 1 N–H and O–H groups in total. The summed E-state index contributed by atoms with van der Waals surface area (Å²) in [7, 11) is 2.00. The van der Waals surface area contributed by atoms with Crippen LogP contribution in [0.2, 0.25) is 0 Å². The number of nitrogens with zero attached hydrogens (tertiary/aromatic N) is 2. The molecule has 1 aliphatic heterocycles. The van der Waals surface area contributed by atoms with Gasteiger partial charge in [-0.05, 0) is 25.6 Å². The summed E-state index contributed by atoms with van der Waals surface area (Å²) < 4.78 is 1.09. The second kappa shape index (κ2) is 7.20. The summed E-state index contributed by atoms with van der Waals surface area (Å²) >= 11 is 3.56. The topological polar surface area (TPSA) is 35.6 Å². The maximum Gasteiger partial charge on any atom is 0.239 e. The molecule has 0 aromatic heterocycles. The van der Waals surface area contributed by atoms with E-state index in [-0.39, 0.29) is 11.9 Å². The van der Waals surface area contributed by atoms with Gasteiger partial charge in [-0.2, -0.15) is 0 Å². The third-order valence-corrected chi connectivity index (χ3v) is 4.60.